The molecule has 0 saturated heterocycles. The van der Waals surface area contributed by atoms with Crippen LogP contribution in [0.3, 0.4) is 0 Å². The lowest BCUT2D eigenvalue weighted by Gasteiger charge is -2.26. The monoisotopic (exact) mass is 347 g/mol. The molecule has 0 saturated carbocycles. The highest BCUT2D eigenvalue weighted by molar-refractivity contribution is 6.29. The van der Waals surface area contributed by atoms with E-state index in [2.05, 4.69) is 20.6 Å². The molecule has 126 valence electrons. The van der Waals surface area contributed by atoms with Crippen LogP contribution in [0.4, 0.5) is 5.69 Å². The van der Waals surface area contributed by atoms with E-state index in [9.17, 15) is 4.79 Å². The number of nitrogens with two attached hydrogens (primary N) is 1. The van der Waals surface area contributed by atoms with E-state index in [0.29, 0.717) is 35.4 Å². The molecule has 1 aliphatic rings. The maximum absolute atomic E-state index is 11.2. The smallest absolute Gasteiger partial charge is 0.250 e. The van der Waals surface area contributed by atoms with Crippen LogP contribution in [0.2, 0.25) is 5.15 Å². The van der Waals surface area contributed by atoms with Crippen molar-refractivity contribution in [1.29, 1.82) is 0 Å². The summed E-state index contributed by atoms with van der Waals surface area (Å²) in [7, 11) is 0. The summed E-state index contributed by atoms with van der Waals surface area (Å²) in [5.41, 5.74) is 7.42. The van der Waals surface area contributed by atoms with Gasteiger partial charge in [-0.15, -0.1) is 0 Å². The molecule has 3 heterocycles. The highest BCUT2D eigenvalue weighted by Crippen LogP contribution is 2.26. The summed E-state index contributed by atoms with van der Waals surface area (Å²) in [4.78, 5) is 19.3. The maximum Gasteiger partial charge on any atom is 0.250 e. The number of primary amides is 1. The van der Waals surface area contributed by atoms with Crippen LogP contribution in [0.25, 0.3) is 0 Å². The molecule has 1 aliphatic heterocycles. The summed E-state index contributed by atoms with van der Waals surface area (Å²) in [5.74, 6) is -0.0208. The summed E-state index contributed by atoms with van der Waals surface area (Å²) < 4.78 is 5.82. The Labute approximate surface area is 144 Å². The van der Waals surface area contributed by atoms with E-state index in [4.69, 9.17) is 22.1 Å². The summed E-state index contributed by atoms with van der Waals surface area (Å²) in [6.07, 6.45) is 4.03. The van der Waals surface area contributed by atoms with E-state index >= 15 is 0 Å². The van der Waals surface area contributed by atoms with E-state index in [-0.39, 0.29) is 6.10 Å². The molecule has 3 rings (SSSR count). The summed E-state index contributed by atoms with van der Waals surface area (Å²) in [6.45, 7) is 2.13. The minimum Gasteiger partial charge on any atom is -0.470 e. The molecule has 1 atom stereocenters. The molecular formula is C16H18ClN5O2. The molecule has 2 aromatic rings. The number of hydrogen-bond acceptors (Lipinski definition) is 6. The van der Waals surface area contributed by atoms with Gasteiger partial charge in [-0.3, -0.25) is 4.79 Å². The molecule has 0 aliphatic carbocycles. The Kier molecular flexibility index (Phi) is 5.12. The Bertz CT molecular complexity index is 723. The van der Waals surface area contributed by atoms with Crippen LogP contribution in [0.1, 0.15) is 15.9 Å². The molecule has 8 heteroatoms. The van der Waals surface area contributed by atoms with Gasteiger partial charge in [0.15, 0.2) is 0 Å². The van der Waals surface area contributed by atoms with Crippen LogP contribution >= 0.6 is 11.6 Å². The Hall–Kier alpha value is -2.38. The minimum atomic E-state index is -0.507. The molecule has 4 N–H and O–H groups in total. The van der Waals surface area contributed by atoms with Gasteiger partial charge in [0.1, 0.15) is 11.3 Å². The second-order valence-electron chi connectivity index (χ2n) is 5.51. The first-order valence-electron chi connectivity index (χ1n) is 7.63. The van der Waals surface area contributed by atoms with Gasteiger partial charge < -0.3 is 21.1 Å². The molecule has 0 radical (unpaired) electrons. The van der Waals surface area contributed by atoms with Crippen molar-refractivity contribution >= 4 is 23.2 Å². The Morgan fingerprint density at radius 1 is 1.42 bits per heavy atom. The topological polar surface area (TPSA) is 102 Å². The highest BCUT2D eigenvalue weighted by atomic mass is 35.5. The van der Waals surface area contributed by atoms with Crippen molar-refractivity contribution in [2.24, 2.45) is 5.73 Å². The quantitative estimate of drug-likeness (QED) is 0.536. The van der Waals surface area contributed by atoms with E-state index in [1.54, 1.807) is 18.3 Å². The van der Waals surface area contributed by atoms with Crippen LogP contribution in [0, 0.1) is 0 Å². The van der Waals surface area contributed by atoms with Crippen molar-refractivity contribution in [3.63, 3.8) is 0 Å². The van der Waals surface area contributed by atoms with Gasteiger partial charge in [-0.25, -0.2) is 9.97 Å². The number of hydrogen-bond donors (Lipinski definition) is 3. The summed E-state index contributed by atoms with van der Waals surface area (Å²) in [6, 6.07) is 5.40. The van der Waals surface area contributed by atoms with Crippen molar-refractivity contribution in [1.82, 2.24) is 15.3 Å². The van der Waals surface area contributed by atoms with Gasteiger partial charge >= 0.3 is 0 Å². The van der Waals surface area contributed by atoms with E-state index < -0.39 is 5.91 Å². The summed E-state index contributed by atoms with van der Waals surface area (Å²) in [5, 5.41) is 7.06. The number of nitrogens with one attached hydrogen (secondary N) is 2. The molecule has 1 amide bonds. The fraction of sp³-hybridized carbons (Fsp3) is 0.312. The van der Waals surface area contributed by atoms with Gasteiger partial charge in [-0.05, 0) is 30.7 Å². The normalized spacial score (nSPS) is 16.0. The average Bonchev–Trinajstić information content (AvgIpc) is 2.59. The number of nitrogens with zero attached hydrogens (tertiary/aromatic N) is 2. The molecule has 0 bridgehead atoms. The van der Waals surface area contributed by atoms with Crippen LogP contribution in [-0.2, 0) is 6.42 Å². The number of halogens is 1. The predicted octanol–water partition coefficient (Wildman–Crippen LogP) is 1.23. The number of carbonyl (C=O) groups is 1. The van der Waals surface area contributed by atoms with Crippen LogP contribution < -0.4 is 21.1 Å². The van der Waals surface area contributed by atoms with E-state index in [1.807, 2.05) is 6.07 Å². The predicted molar refractivity (Wildman–Crippen MR) is 91.5 cm³/mol. The van der Waals surface area contributed by atoms with Crippen molar-refractivity contribution < 1.29 is 9.53 Å². The standard InChI is InChI=1S/C16H18ClN5O2/c17-14-2-1-10(6-21-14)3-4-19-8-12-9-20-13-5-11(15(18)23)7-22-16(13)24-12/h1-2,5-7,12,19-20H,3-4,8-9H2,(H2,18,23). The van der Waals surface area contributed by atoms with Gasteiger partial charge in [-0.1, -0.05) is 17.7 Å². The SMILES string of the molecule is NC(=O)c1cnc2c(c1)NCC(CNCCc1ccc(Cl)nc1)O2. The molecule has 0 fully saturated rings. The summed E-state index contributed by atoms with van der Waals surface area (Å²) >= 11 is 5.76. The third-order valence-corrected chi connectivity index (χ3v) is 3.91. The number of anilines is 1. The number of fused-ring (bicyclic) bond motifs is 1. The lowest BCUT2D eigenvalue weighted by molar-refractivity contribution is 0.0999. The van der Waals surface area contributed by atoms with Crippen molar-refractivity contribution in [2.45, 2.75) is 12.5 Å². The molecule has 24 heavy (non-hydrogen) atoms. The van der Waals surface area contributed by atoms with E-state index in [1.165, 1.54) is 6.20 Å². The second-order valence-corrected chi connectivity index (χ2v) is 5.89. The lowest BCUT2D eigenvalue weighted by atomic mass is 10.2. The number of pyridine rings is 2. The number of ether oxygens (including phenoxy) is 1. The maximum atomic E-state index is 11.2. The first kappa shape index (κ1) is 16.5. The number of carbonyl (C=O) groups excluding carboxylic acids is 1. The first-order chi connectivity index (χ1) is 11.6. The van der Waals surface area contributed by atoms with Gasteiger partial charge in [-0.2, -0.15) is 0 Å². The largest absolute Gasteiger partial charge is 0.470 e. The zero-order valence-corrected chi connectivity index (χ0v) is 13.7. The van der Waals surface area contributed by atoms with Crippen LogP contribution in [0.15, 0.2) is 30.6 Å². The highest BCUT2D eigenvalue weighted by Gasteiger charge is 2.21. The number of rotatable bonds is 6. The Morgan fingerprint density at radius 2 is 2.29 bits per heavy atom. The molecular weight excluding hydrogens is 330 g/mol. The van der Waals surface area contributed by atoms with Crippen molar-refractivity contribution in [3.05, 3.63) is 46.9 Å². The van der Waals surface area contributed by atoms with Crippen molar-refractivity contribution in [2.75, 3.05) is 25.0 Å². The molecule has 1 unspecified atom stereocenters. The molecule has 0 spiro atoms. The second kappa shape index (κ2) is 7.46. The Morgan fingerprint density at radius 3 is 3.04 bits per heavy atom. The fourth-order valence-electron chi connectivity index (χ4n) is 2.39. The van der Waals surface area contributed by atoms with Gasteiger partial charge in [0, 0.05) is 18.9 Å². The molecule has 0 aromatic carbocycles. The van der Waals surface area contributed by atoms with Gasteiger partial charge in [0.2, 0.25) is 11.8 Å². The van der Waals surface area contributed by atoms with Gasteiger partial charge in [0.05, 0.1) is 17.8 Å². The van der Waals surface area contributed by atoms with Crippen molar-refractivity contribution in [3.8, 4) is 5.88 Å². The lowest BCUT2D eigenvalue weighted by Crippen LogP contribution is -2.40. The van der Waals surface area contributed by atoms with Crippen LogP contribution in [-0.4, -0.2) is 41.6 Å². The third kappa shape index (κ3) is 4.12. The van der Waals surface area contributed by atoms with Crippen LogP contribution in [0.5, 0.6) is 5.88 Å². The Balaban J connectivity index is 1.46. The molecule has 2 aromatic heterocycles. The zero-order chi connectivity index (χ0) is 16.9. The van der Waals surface area contributed by atoms with Gasteiger partial charge in [0.25, 0.3) is 0 Å². The third-order valence-electron chi connectivity index (χ3n) is 3.69. The molecule has 7 nitrogen and oxygen atoms in total. The fourth-order valence-corrected chi connectivity index (χ4v) is 2.51. The zero-order valence-electron chi connectivity index (χ0n) is 13.0. The number of aromatic nitrogens is 2. The number of amides is 1. The van der Waals surface area contributed by atoms with E-state index in [0.717, 1.165) is 18.5 Å². The average molecular weight is 348 g/mol. The first-order valence-corrected chi connectivity index (χ1v) is 8.01. The minimum absolute atomic E-state index is 0.0345.